The van der Waals surface area contributed by atoms with Gasteiger partial charge in [-0.2, -0.15) is 5.10 Å². The molecule has 1 atom stereocenters. The molecule has 2 heterocycles. The summed E-state index contributed by atoms with van der Waals surface area (Å²) in [4.78, 5) is 14.7. The first-order chi connectivity index (χ1) is 11.7. The van der Waals surface area contributed by atoms with E-state index in [0.29, 0.717) is 17.4 Å². The maximum atomic E-state index is 12.5. The van der Waals surface area contributed by atoms with Gasteiger partial charge in [0.25, 0.3) is 5.91 Å². The topological polar surface area (TPSA) is 62.7 Å². The summed E-state index contributed by atoms with van der Waals surface area (Å²) < 4.78 is 2.69. The molecule has 1 fully saturated rings. The molecule has 0 radical (unpaired) electrons. The second-order valence-electron chi connectivity index (χ2n) is 6.80. The zero-order valence-corrected chi connectivity index (χ0v) is 15.4. The van der Waals surface area contributed by atoms with Crippen molar-refractivity contribution in [1.29, 1.82) is 0 Å². The summed E-state index contributed by atoms with van der Waals surface area (Å²) in [5.41, 5.74) is 1.38. The molecule has 5 nitrogen and oxygen atoms in total. The molecule has 2 aliphatic rings. The molecule has 0 unspecified atom stereocenters. The van der Waals surface area contributed by atoms with Crippen LogP contribution in [-0.4, -0.2) is 20.7 Å². The number of aryl methyl sites for hydroxylation is 1. The van der Waals surface area contributed by atoms with Crippen molar-refractivity contribution in [2.75, 3.05) is 0 Å². The lowest BCUT2D eigenvalue weighted by Crippen LogP contribution is -2.24. The summed E-state index contributed by atoms with van der Waals surface area (Å²) in [7, 11) is 0. The lowest BCUT2D eigenvalue weighted by Gasteiger charge is -2.19. The van der Waals surface area contributed by atoms with Crippen molar-refractivity contribution in [2.24, 2.45) is 5.92 Å². The summed E-state index contributed by atoms with van der Waals surface area (Å²) in [6, 6.07) is 2.55. The highest BCUT2D eigenvalue weighted by Crippen LogP contribution is 2.36. The highest BCUT2D eigenvalue weighted by atomic mass is 32.1. The quantitative estimate of drug-likeness (QED) is 0.796. The predicted octanol–water partition coefficient (Wildman–Crippen LogP) is 3.78. The van der Waals surface area contributed by atoms with Gasteiger partial charge in [-0.1, -0.05) is 13.3 Å². The average Bonchev–Trinajstić information content (AvgIpc) is 3.22. The Kier molecular flexibility index (Phi) is 4.30. The highest BCUT2D eigenvalue weighted by molar-refractivity contribution is 7.71. The fourth-order valence-electron chi connectivity index (χ4n) is 3.48. The smallest absolute Gasteiger partial charge is 0.261 e. The molecule has 0 saturated heterocycles. The Morgan fingerprint density at radius 2 is 2.33 bits per heavy atom. The van der Waals surface area contributed by atoms with E-state index in [2.05, 4.69) is 28.5 Å². The Morgan fingerprint density at radius 3 is 3.08 bits per heavy atom. The second-order valence-corrected chi connectivity index (χ2v) is 8.33. The van der Waals surface area contributed by atoms with Crippen LogP contribution in [0, 0.1) is 10.7 Å². The number of hydrogen-bond donors (Lipinski definition) is 2. The zero-order chi connectivity index (χ0) is 16.7. The van der Waals surface area contributed by atoms with Gasteiger partial charge in [-0.25, -0.2) is 0 Å². The van der Waals surface area contributed by atoms with Crippen LogP contribution in [0.1, 0.15) is 64.6 Å². The maximum Gasteiger partial charge on any atom is 0.261 e. The minimum Gasteiger partial charge on any atom is -0.344 e. The molecule has 0 spiro atoms. The van der Waals surface area contributed by atoms with Gasteiger partial charge in [0.15, 0.2) is 10.6 Å². The largest absolute Gasteiger partial charge is 0.344 e. The van der Waals surface area contributed by atoms with Crippen molar-refractivity contribution in [3.63, 3.8) is 0 Å². The van der Waals surface area contributed by atoms with E-state index in [0.717, 1.165) is 42.3 Å². The minimum atomic E-state index is -0.00119. The van der Waals surface area contributed by atoms with E-state index in [4.69, 9.17) is 12.2 Å². The number of thiophene rings is 1. The van der Waals surface area contributed by atoms with Gasteiger partial charge in [0, 0.05) is 10.9 Å². The molecule has 4 rings (SSSR count). The molecular weight excluding hydrogens is 340 g/mol. The first-order valence-corrected chi connectivity index (χ1v) is 9.93. The minimum absolute atomic E-state index is 0.00119. The summed E-state index contributed by atoms with van der Waals surface area (Å²) >= 11 is 6.93. The van der Waals surface area contributed by atoms with Crippen molar-refractivity contribution in [2.45, 2.75) is 58.0 Å². The fraction of sp³-hybridized carbons (Fsp3) is 0.588. The summed E-state index contributed by atoms with van der Waals surface area (Å²) in [5.74, 6) is 1.59. The molecule has 1 amide bonds. The van der Waals surface area contributed by atoms with Crippen molar-refractivity contribution in [3.05, 3.63) is 32.0 Å². The molecule has 7 heteroatoms. The number of amides is 1. The third-order valence-corrected chi connectivity index (χ3v) is 6.61. The van der Waals surface area contributed by atoms with Crippen LogP contribution in [0.2, 0.25) is 0 Å². The van der Waals surface area contributed by atoms with E-state index in [1.165, 1.54) is 23.3 Å². The number of nitrogens with one attached hydrogen (secondary N) is 2. The van der Waals surface area contributed by atoms with E-state index < -0.39 is 0 Å². The lowest BCUT2D eigenvalue weighted by molar-refractivity contribution is 0.0953. The SMILES string of the molecule is CC[C@@H]1CCc2sc(C(=O)NCc3n[nH]c(=S)n3C3CC3)cc2C1. The van der Waals surface area contributed by atoms with Gasteiger partial charge >= 0.3 is 0 Å². The van der Waals surface area contributed by atoms with E-state index in [9.17, 15) is 4.79 Å². The van der Waals surface area contributed by atoms with Gasteiger partial charge in [-0.05, 0) is 61.9 Å². The van der Waals surface area contributed by atoms with Crippen LogP contribution in [0.15, 0.2) is 6.07 Å². The first kappa shape index (κ1) is 16.0. The van der Waals surface area contributed by atoms with Crippen LogP contribution < -0.4 is 5.32 Å². The van der Waals surface area contributed by atoms with Crippen LogP contribution in [0.4, 0.5) is 0 Å². The maximum absolute atomic E-state index is 12.5. The van der Waals surface area contributed by atoms with Crippen molar-refractivity contribution < 1.29 is 4.79 Å². The molecule has 1 saturated carbocycles. The standard InChI is InChI=1S/C17H22N4OS2/c1-2-10-3-6-13-11(7-10)8-14(24-13)16(22)18-9-15-19-20-17(23)21(15)12-4-5-12/h8,10,12H,2-7,9H2,1H3,(H,18,22)(H,20,23)/t10-/m1/s1. The fourth-order valence-corrected chi connectivity index (χ4v) is 4.90. The molecular formula is C17H22N4OS2. The molecule has 128 valence electrons. The molecule has 2 N–H and O–H groups in total. The monoisotopic (exact) mass is 362 g/mol. The highest BCUT2D eigenvalue weighted by Gasteiger charge is 2.27. The number of rotatable bonds is 5. The normalized spacial score (nSPS) is 20.0. The van der Waals surface area contributed by atoms with Gasteiger partial charge in [0.2, 0.25) is 0 Å². The number of hydrogen-bond acceptors (Lipinski definition) is 4. The van der Waals surface area contributed by atoms with Gasteiger partial charge in [0.05, 0.1) is 11.4 Å². The molecule has 0 aromatic carbocycles. The van der Waals surface area contributed by atoms with E-state index >= 15 is 0 Å². The number of H-pyrrole nitrogens is 1. The molecule has 0 bridgehead atoms. The van der Waals surface area contributed by atoms with Crippen LogP contribution in [0.3, 0.4) is 0 Å². The Balaban J connectivity index is 1.44. The summed E-state index contributed by atoms with van der Waals surface area (Å²) in [5, 5.41) is 10.1. The Bertz CT molecular complexity index is 815. The summed E-state index contributed by atoms with van der Waals surface area (Å²) in [6.07, 6.45) is 7.00. The van der Waals surface area contributed by atoms with Crippen molar-refractivity contribution in [1.82, 2.24) is 20.1 Å². The number of carbonyl (C=O) groups excluding carboxylic acids is 1. The number of carbonyl (C=O) groups is 1. The van der Waals surface area contributed by atoms with Gasteiger partial charge in [-0.15, -0.1) is 11.3 Å². The molecule has 0 aliphatic heterocycles. The number of nitrogens with zero attached hydrogens (tertiary/aromatic N) is 2. The number of fused-ring (bicyclic) bond motifs is 1. The third kappa shape index (κ3) is 3.07. The average molecular weight is 363 g/mol. The van der Waals surface area contributed by atoms with Crippen LogP contribution >= 0.6 is 23.6 Å². The second kappa shape index (κ2) is 6.44. The van der Waals surface area contributed by atoms with Crippen molar-refractivity contribution in [3.8, 4) is 0 Å². The molecule has 2 aliphatic carbocycles. The Hall–Kier alpha value is -1.47. The Morgan fingerprint density at radius 1 is 1.50 bits per heavy atom. The van der Waals surface area contributed by atoms with Gasteiger partial charge < -0.3 is 5.32 Å². The van der Waals surface area contributed by atoms with Crippen LogP contribution in [0.5, 0.6) is 0 Å². The Labute approximate surface area is 150 Å². The zero-order valence-electron chi connectivity index (χ0n) is 13.8. The number of aromatic amines is 1. The van der Waals surface area contributed by atoms with Gasteiger partial charge in [-0.3, -0.25) is 14.5 Å². The van der Waals surface area contributed by atoms with Gasteiger partial charge in [0.1, 0.15) is 0 Å². The molecule has 2 aromatic heterocycles. The van der Waals surface area contributed by atoms with E-state index in [1.54, 1.807) is 11.3 Å². The molecule has 2 aromatic rings. The van der Waals surface area contributed by atoms with E-state index in [1.807, 2.05) is 4.57 Å². The van der Waals surface area contributed by atoms with Crippen LogP contribution in [0.25, 0.3) is 0 Å². The van der Waals surface area contributed by atoms with Crippen molar-refractivity contribution >= 4 is 29.5 Å². The van der Waals surface area contributed by atoms with Crippen LogP contribution in [-0.2, 0) is 19.4 Å². The van der Waals surface area contributed by atoms with E-state index in [-0.39, 0.29) is 5.91 Å². The first-order valence-electron chi connectivity index (χ1n) is 8.71. The number of aromatic nitrogens is 3. The predicted molar refractivity (Wildman–Crippen MR) is 97.0 cm³/mol. The molecule has 24 heavy (non-hydrogen) atoms. The summed E-state index contributed by atoms with van der Waals surface area (Å²) in [6.45, 7) is 2.67. The third-order valence-electron chi connectivity index (χ3n) is 5.08. The lowest BCUT2D eigenvalue weighted by atomic mass is 9.87.